The van der Waals surface area contributed by atoms with E-state index in [1.54, 1.807) is 0 Å². The summed E-state index contributed by atoms with van der Waals surface area (Å²) in [4.78, 5) is 2.45. The molecule has 17 heavy (non-hydrogen) atoms. The van der Waals surface area contributed by atoms with Crippen molar-refractivity contribution in [1.82, 2.24) is 14.7 Å². The standard InChI is InChI=1S/C13H24N4/c1-16(10-12-7-8-15-17(12)2)13-6-4-3-5-11(13)9-14/h7-8,11,13H,3-6,9-10,14H2,1-2H3. The average Bonchev–Trinajstić information content (AvgIpc) is 2.75. The molecule has 1 fully saturated rings. The molecule has 2 N–H and O–H groups in total. The van der Waals surface area contributed by atoms with Crippen LogP contribution in [0.5, 0.6) is 0 Å². The molecule has 2 atom stereocenters. The van der Waals surface area contributed by atoms with Gasteiger partial charge in [-0.2, -0.15) is 5.10 Å². The zero-order valence-electron chi connectivity index (χ0n) is 11.0. The van der Waals surface area contributed by atoms with Gasteiger partial charge in [0.25, 0.3) is 0 Å². The highest BCUT2D eigenvalue weighted by Gasteiger charge is 2.27. The number of aryl methyl sites for hydroxylation is 1. The Morgan fingerprint density at radius 2 is 2.24 bits per heavy atom. The lowest BCUT2D eigenvalue weighted by molar-refractivity contribution is 0.125. The molecule has 1 heterocycles. The van der Waals surface area contributed by atoms with Gasteiger partial charge in [-0.25, -0.2) is 0 Å². The summed E-state index contributed by atoms with van der Waals surface area (Å²) in [6.45, 7) is 1.79. The topological polar surface area (TPSA) is 47.1 Å². The van der Waals surface area contributed by atoms with Gasteiger partial charge >= 0.3 is 0 Å². The van der Waals surface area contributed by atoms with E-state index in [2.05, 4.69) is 23.1 Å². The molecule has 1 saturated carbocycles. The number of aromatic nitrogens is 2. The zero-order chi connectivity index (χ0) is 12.3. The normalized spacial score (nSPS) is 25.4. The molecule has 0 aromatic carbocycles. The van der Waals surface area contributed by atoms with E-state index in [-0.39, 0.29) is 0 Å². The van der Waals surface area contributed by atoms with Gasteiger partial charge in [0.05, 0.1) is 5.69 Å². The van der Waals surface area contributed by atoms with Crippen LogP contribution in [-0.4, -0.2) is 34.3 Å². The molecule has 1 aliphatic rings. The predicted octanol–water partition coefficient (Wildman–Crippen LogP) is 1.37. The van der Waals surface area contributed by atoms with Crippen LogP contribution in [0.25, 0.3) is 0 Å². The van der Waals surface area contributed by atoms with Gasteiger partial charge in [-0.05, 0) is 38.4 Å². The van der Waals surface area contributed by atoms with E-state index in [0.29, 0.717) is 12.0 Å². The molecule has 2 rings (SSSR count). The van der Waals surface area contributed by atoms with Crippen molar-refractivity contribution in [2.24, 2.45) is 18.7 Å². The van der Waals surface area contributed by atoms with Crippen LogP contribution >= 0.6 is 0 Å². The molecular formula is C13H24N4. The Balaban J connectivity index is 1.98. The number of hydrogen-bond donors (Lipinski definition) is 1. The molecule has 1 aromatic heterocycles. The molecule has 2 unspecified atom stereocenters. The summed E-state index contributed by atoms with van der Waals surface area (Å²) >= 11 is 0. The summed E-state index contributed by atoms with van der Waals surface area (Å²) in [6, 6.07) is 2.74. The largest absolute Gasteiger partial charge is 0.330 e. The van der Waals surface area contributed by atoms with Crippen LogP contribution in [-0.2, 0) is 13.6 Å². The molecule has 1 aliphatic carbocycles. The highest BCUT2D eigenvalue weighted by Crippen LogP contribution is 2.27. The van der Waals surface area contributed by atoms with Gasteiger partial charge in [0, 0.05) is 25.8 Å². The van der Waals surface area contributed by atoms with E-state index >= 15 is 0 Å². The number of nitrogens with two attached hydrogens (primary N) is 1. The Morgan fingerprint density at radius 1 is 1.47 bits per heavy atom. The summed E-state index contributed by atoms with van der Waals surface area (Å²) in [5.41, 5.74) is 7.16. The second kappa shape index (κ2) is 5.65. The first-order chi connectivity index (χ1) is 8.22. The monoisotopic (exact) mass is 236 g/mol. The maximum Gasteiger partial charge on any atom is 0.0521 e. The molecule has 0 amide bonds. The molecule has 0 spiro atoms. The maximum absolute atomic E-state index is 5.89. The zero-order valence-corrected chi connectivity index (χ0v) is 11.0. The van der Waals surface area contributed by atoms with Crippen LogP contribution in [0.15, 0.2) is 12.3 Å². The lowest BCUT2D eigenvalue weighted by atomic mass is 9.83. The fourth-order valence-electron chi connectivity index (χ4n) is 2.97. The minimum absolute atomic E-state index is 0.642. The van der Waals surface area contributed by atoms with Crippen molar-refractivity contribution in [3.63, 3.8) is 0 Å². The fourth-order valence-corrected chi connectivity index (χ4v) is 2.97. The minimum atomic E-state index is 0.642. The molecule has 0 saturated heterocycles. The Morgan fingerprint density at radius 3 is 2.88 bits per heavy atom. The van der Waals surface area contributed by atoms with Gasteiger partial charge in [0.15, 0.2) is 0 Å². The van der Waals surface area contributed by atoms with Crippen LogP contribution in [0.4, 0.5) is 0 Å². The molecule has 96 valence electrons. The molecule has 0 aliphatic heterocycles. The number of hydrogen-bond acceptors (Lipinski definition) is 3. The Labute approximate surface area is 104 Å². The van der Waals surface area contributed by atoms with Gasteiger partial charge < -0.3 is 5.73 Å². The van der Waals surface area contributed by atoms with Gasteiger partial charge in [-0.3, -0.25) is 9.58 Å². The van der Waals surface area contributed by atoms with Gasteiger partial charge in [0.2, 0.25) is 0 Å². The Bertz CT molecular complexity index is 347. The Hall–Kier alpha value is -0.870. The van der Waals surface area contributed by atoms with Gasteiger partial charge in [-0.15, -0.1) is 0 Å². The summed E-state index contributed by atoms with van der Waals surface area (Å²) < 4.78 is 1.96. The average molecular weight is 236 g/mol. The molecule has 1 aromatic rings. The van der Waals surface area contributed by atoms with E-state index in [4.69, 9.17) is 5.73 Å². The Kier molecular flexibility index (Phi) is 4.18. The summed E-state index contributed by atoms with van der Waals surface area (Å²) in [7, 11) is 4.22. The van der Waals surface area contributed by atoms with Crippen LogP contribution in [0, 0.1) is 5.92 Å². The van der Waals surface area contributed by atoms with Crippen LogP contribution in [0.3, 0.4) is 0 Å². The highest BCUT2D eigenvalue weighted by molar-refractivity contribution is 5.00. The van der Waals surface area contributed by atoms with E-state index in [1.165, 1.54) is 31.4 Å². The van der Waals surface area contributed by atoms with Gasteiger partial charge in [0.1, 0.15) is 0 Å². The van der Waals surface area contributed by atoms with Crippen molar-refractivity contribution in [3.05, 3.63) is 18.0 Å². The van der Waals surface area contributed by atoms with Crippen molar-refractivity contribution in [1.29, 1.82) is 0 Å². The summed E-state index contributed by atoms with van der Waals surface area (Å²) in [5, 5.41) is 4.22. The van der Waals surface area contributed by atoms with Crippen molar-refractivity contribution >= 4 is 0 Å². The first-order valence-electron chi connectivity index (χ1n) is 6.59. The minimum Gasteiger partial charge on any atom is -0.330 e. The molecule has 0 bridgehead atoms. The van der Waals surface area contributed by atoms with Crippen molar-refractivity contribution < 1.29 is 0 Å². The first kappa shape index (κ1) is 12.6. The third-order valence-corrected chi connectivity index (χ3v) is 4.07. The quantitative estimate of drug-likeness (QED) is 0.859. The van der Waals surface area contributed by atoms with E-state index in [0.717, 1.165) is 13.1 Å². The van der Waals surface area contributed by atoms with Crippen molar-refractivity contribution in [2.75, 3.05) is 13.6 Å². The fraction of sp³-hybridized carbons (Fsp3) is 0.769. The van der Waals surface area contributed by atoms with Gasteiger partial charge in [-0.1, -0.05) is 12.8 Å². The van der Waals surface area contributed by atoms with E-state index in [9.17, 15) is 0 Å². The second-order valence-electron chi connectivity index (χ2n) is 5.21. The molecule has 4 heteroatoms. The molecule has 4 nitrogen and oxygen atoms in total. The van der Waals surface area contributed by atoms with Crippen LogP contribution < -0.4 is 5.73 Å². The number of rotatable bonds is 4. The third kappa shape index (κ3) is 2.87. The highest BCUT2D eigenvalue weighted by atomic mass is 15.3. The lowest BCUT2D eigenvalue weighted by Gasteiger charge is -2.37. The summed E-state index contributed by atoms with van der Waals surface area (Å²) in [5.74, 6) is 0.668. The summed E-state index contributed by atoms with van der Waals surface area (Å²) in [6.07, 6.45) is 7.13. The van der Waals surface area contributed by atoms with Crippen molar-refractivity contribution in [3.8, 4) is 0 Å². The third-order valence-electron chi connectivity index (χ3n) is 4.07. The molecular weight excluding hydrogens is 212 g/mol. The van der Waals surface area contributed by atoms with E-state index in [1.807, 2.05) is 17.9 Å². The van der Waals surface area contributed by atoms with Crippen LogP contribution in [0.1, 0.15) is 31.4 Å². The lowest BCUT2D eigenvalue weighted by Crippen LogP contribution is -2.42. The smallest absolute Gasteiger partial charge is 0.0521 e. The second-order valence-corrected chi connectivity index (χ2v) is 5.21. The van der Waals surface area contributed by atoms with Crippen molar-refractivity contribution in [2.45, 2.75) is 38.3 Å². The SMILES string of the molecule is CN(Cc1ccnn1C)C1CCCCC1CN. The van der Waals surface area contributed by atoms with E-state index < -0.39 is 0 Å². The predicted molar refractivity (Wildman–Crippen MR) is 69.5 cm³/mol. The first-order valence-corrected chi connectivity index (χ1v) is 6.59. The van der Waals surface area contributed by atoms with Crippen LogP contribution in [0.2, 0.25) is 0 Å². The number of nitrogens with zero attached hydrogens (tertiary/aromatic N) is 3. The molecule has 0 radical (unpaired) electrons. The maximum atomic E-state index is 5.89.